The van der Waals surface area contributed by atoms with Crippen LogP contribution in [0.15, 0.2) is 66.7 Å². The van der Waals surface area contributed by atoms with Crippen LogP contribution in [0, 0.1) is 17.6 Å². The molecule has 1 saturated heterocycles. The number of nitrogens with one attached hydrogen (secondary N) is 2. The highest BCUT2D eigenvalue weighted by molar-refractivity contribution is 5.95. The first-order valence-corrected chi connectivity index (χ1v) is 15.1. The second kappa shape index (κ2) is 16.5. The van der Waals surface area contributed by atoms with E-state index in [2.05, 4.69) is 10.6 Å². The molecule has 2 unspecified atom stereocenters. The number of carbonyl (C=O) groups excluding carboxylic acids is 2. The Bertz CT molecular complexity index is 1400. The van der Waals surface area contributed by atoms with Gasteiger partial charge in [0.25, 0.3) is 5.91 Å². The van der Waals surface area contributed by atoms with Gasteiger partial charge in [0.15, 0.2) is 0 Å². The van der Waals surface area contributed by atoms with Gasteiger partial charge >= 0.3 is 0 Å². The largest absolute Gasteiger partial charge is 0.493 e. The molecule has 2 N–H and O–H groups in total. The molecular formula is C34H40ClF2N3O5. The topological polar surface area (TPSA) is 89.1 Å². The van der Waals surface area contributed by atoms with Gasteiger partial charge in [0.05, 0.1) is 12.5 Å². The molecule has 5 rings (SSSR count). The zero-order chi connectivity index (χ0) is 30.9. The molecular weight excluding hydrogens is 604 g/mol. The fraction of sp³-hybridized carbons (Fsp3) is 0.412. The molecule has 3 aromatic rings. The first-order valence-electron chi connectivity index (χ1n) is 15.1. The molecule has 3 aromatic carbocycles. The fourth-order valence-corrected chi connectivity index (χ4v) is 5.39. The van der Waals surface area contributed by atoms with Crippen molar-refractivity contribution in [2.45, 2.75) is 50.9 Å². The average Bonchev–Trinajstić information content (AvgIpc) is 3.87. The van der Waals surface area contributed by atoms with E-state index in [9.17, 15) is 18.4 Å². The summed E-state index contributed by atoms with van der Waals surface area (Å²) < 4.78 is 44.2. The van der Waals surface area contributed by atoms with E-state index in [1.54, 1.807) is 7.11 Å². The van der Waals surface area contributed by atoms with Crippen LogP contribution in [0.4, 0.5) is 8.78 Å². The Morgan fingerprint density at radius 1 is 0.911 bits per heavy atom. The van der Waals surface area contributed by atoms with Gasteiger partial charge in [-0.15, -0.1) is 12.4 Å². The molecule has 8 nitrogen and oxygen atoms in total. The van der Waals surface area contributed by atoms with E-state index in [-0.39, 0.29) is 29.9 Å². The van der Waals surface area contributed by atoms with Crippen molar-refractivity contribution >= 4 is 24.2 Å². The number of carbonyl (C=O) groups is 2. The lowest BCUT2D eigenvalue weighted by Gasteiger charge is -2.36. The third kappa shape index (κ3) is 9.88. The summed E-state index contributed by atoms with van der Waals surface area (Å²) in [6, 6.07) is 18.0. The summed E-state index contributed by atoms with van der Waals surface area (Å²) in [6.07, 6.45) is 3.22. The molecule has 1 aliphatic heterocycles. The smallest absolute Gasteiger partial charge is 0.251 e. The number of rotatable bonds is 14. The number of benzene rings is 3. The Kier molecular flexibility index (Phi) is 12.6. The molecule has 11 heteroatoms. The lowest BCUT2D eigenvalue weighted by atomic mass is 9.91. The Labute approximate surface area is 268 Å². The molecule has 1 aliphatic carbocycles. The van der Waals surface area contributed by atoms with Crippen LogP contribution in [-0.2, 0) is 22.7 Å². The molecule has 242 valence electrons. The molecule has 0 aromatic heterocycles. The van der Waals surface area contributed by atoms with E-state index in [1.165, 1.54) is 0 Å². The monoisotopic (exact) mass is 643 g/mol. The van der Waals surface area contributed by atoms with Crippen LogP contribution < -0.4 is 20.1 Å². The zero-order valence-electron chi connectivity index (χ0n) is 25.3. The molecule has 0 radical (unpaired) electrons. The summed E-state index contributed by atoms with van der Waals surface area (Å²) in [5.74, 6) is -1.26. The van der Waals surface area contributed by atoms with E-state index < -0.39 is 29.5 Å². The molecule has 2 atom stereocenters. The number of amides is 2. The summed E-state index contributed by atoms with van der Waals surface area (Å²) >= 11 is 0. The van der Waals surface area contributed by atoms with Crippen LogP contribution in [0.2, 0.25) is 0 Å². The van der Waals surface area contributed by atoms with Crippen LogP contribution in [0.3, 0.4) is 0 Å². The Morgan fingerprint density at radius 3 is 2.38 bits per heavy atom. The van der Waals surface area contributed by atoms with Crippen molar-refractivity contribution in [3.8, 4) is 11.5 Å². The van der Waals surface area contributed by atoms with E-state index in [4.69, 9.17) is 14.2 Å². The quantitative estimate of drug-likeness (QED) is 0.233. The highest BCUT2D eigenvalue weighted by Crippen LogP contribution is 2.31. The third-order valence-corrected chi connectivity index (χ3v) is 7.85. The molecule has 2 aliphatic rings. The van der Waals surface area contributed by atoms with Crippen molar-refractivity contribution in [1.82, 2.24) is 15.5 Å². The van der Waals surface area contributed by atoms with Gasteiger partial charge in [0.2, 0.25) is 5.91 Å². The molecule has 45 heavy (non-hydrogen) atoms. The summed E-state index contributed by atoms with van der Waals surface area (Å²) in [7, 11) is 1.67. The summed E-state index contributed by atoms with van der Waals surface area (Å²) in [5, 5.41) is 6.12. The van der Waals surface area contributed by atoms with Crippen LogP contribution in [-0.4, -0.2) is 62.2 Å². The van der Waals surface area contributed by atoms with Gasteiger partial charge in [-0.1, -0.05) is 24.3 Å². The van der Waals surface area contributed by atoms with Crippen molar-refractivity contribution in [2.24, 2.45) is 5.92 Å². The minimum absolute atomic E-state index is 0. The summed E-state index contributed by atoms with van der Waals surface area (Å²) in [6.45, 7) is 3.12. The third-order valence-electron chi connectivity index (χ3n) is 7.85. The second-order valence-electron chi connectivity index (χ2n) is 11.3. The first-order chi connectivity index (χ1) is 21.4. The molecule has 2 fully saturated rings. The normalized spacial score (nSPS) is 17.6. The number of ether oxygens (including phenoxy) is 3. The maximum Gasteiger partial charge on any atom is 0.251 e. The van der Waals surface area contributed by atoms with Gasteiger partial charge in [-0.25, -0.2) is 8.78 Å². The van der Waals surface area contributed by atoms with Crippen molar-refractivity contribution in [3.05, 3.63) is 95.1 Å². The van der Waals surface area contributed by atoms with Crippen LogP contribution in [0.1, 0.15) is 47.2 Å². The van der Waals surface area contributed by atoms with Crippen molar-refractivity contribution in [1.29, 1.82) is 0 Å². The van der Waals surface area contributed by atoms with Gasteiger partial charge < -0.3 is 29.7 Å². The van der Waals surface area contributed by atoms with E-state index >= 15 is 0 Å². The SMILES string of the molecule is COCCCOc1cccc(COc2ccc(CN(C(=O)C3CNCCC3NC(=O)c3cc(F)cc(F)c3)C3CC3)cc2)c1.Cl. The van der Waals surface area contributed by atoms with Crippen molar-refractivity contribution in [3.63, 3.8) is 0 Å². The zero-order valence-corrected chi connectivity index (χ0v) is 26.1. The lowest BCUT2D eigenvalue weighted by molar-refractivity contribution is -0.138. The number of methoxy groups -OCH3 is 1. The van der Waals surface area contributed by atoms with Gasteiger partial charge in [-0.05, 0) is 73.3 Å². The maximum atomic E-state index is 13.8. The summed E-state index contributed by atoms with van der Waals surface area (Å²) in [5.41, 5.74) is 1.87. The predicted octanol–water partition coefficient (Wildman–Crippen LogP) is 5.28. The summed E-state index contributed by atoms with van der Waals surface area (Å²) in [4.78, 5) is 28.6. The average molecular weight is 644 g/mol. The second-order valence-corrected chi connectivity index (χ2v) is 11.3. The van der Waals surface area contributed by atoms with E-state index in [0.717, 1.165) is 60.1 Å². The molecule has 1 saturated carbocycles. The predicted molar refractivity (Wildman–Crippen MR) is 169 cm³/mol. The van der Waals surface area contributed by atoms with Gasteiger partial charge in [0.1, 0.15) is 29.7 Å². The fourth-order valence-electron chi connectivity index (χ4n) is 5.39. The van der Waals surface area contributed by atoms with Crippen LogP contribution in [0.25, 0.3) is 0 Å². The molecule has 2 amide bonds. The molecule has 1 heterocycles. The highest BCUT2D eigenvalue weighted by Gasteiger charge is 2.40. The lowest BCUT2D eigenvalue weighted by Crippen LogP contribution is -2.55. The van der Waals surface area contributed by atoms with E-state index in [1.807, 2.05) is 53.4 Å². The number of hydrogen-bond donors (Lipinski definition) is 2. The van der Waals surface area contributed by atoms with Crippen molar-refractivity contribution in [2.75, 3.05) is 33.4 Å². The van der Waals surface area contributed by atoms with E-state index in [0.29, 0.717) is 45.9 Å². The minimum atomic E-state index is -0.822. The van der Waals surface area contributed by atoms with Gasteiger partial charge in [-0.2, -0.15) is 0 Å². The number of halogens is 3. The highest BCUT2D eigenvalue weighted by atomic mass is 35.5. The van der Waals surface area contributed by atoms with Crippen LogP contribution in [0.5, 0.6) is 11.5 Å². The Morgan fingerprint density at radius 2 is 1.67 bits per heavy atom. The Balaban J connectivity index is 0.00000461. The van der Waals surface area contributed by atoms with Gasteiger partial charge in [-0.3, -0.25) is 9.59 Å². The number of hydrogen-bond acceptors (Lipinski definition) is 6. The minimum Gasteiger partial charge on any atom is -0.493 e. The molecule has 0 spiro atoms. The molecule has 0 bridgehead atoms. The van der Waals surface area contributed by atoms with Crippen molar-refractivity contribution < 1.29 is 32.6 Å². The Hall–Kier alpha value is -3.73. The first kappa shape index (κ1) is 34.1. The maximum absolute atomic E-state index is 13.8. The van der Waals surface area contributed by atoms with Crippen LogP contribution >= 0.6 is 12.4 Å². The standard InChI is InChI=1S/C34H39F2N3O5.ClH/c1-42-14-3-15-43-30-5-2-4-24(16-30)22-44-29-10-6-23(7-11-29)21-39(28-8-9-28)34(41)31-20-37-13-12-32(31)38-33(40)25-17-26(35)19-27(36)18-25;/h2,4-7,10-11,16-19,28,31-32,37H,3,8-9,12-15,20-22H2,1H3,(H,38,40);1H. The number of piperidine rings is 1. The van der Waals surface area contributed by atoms with Gasteiger partial charge in [0, 0.05) is 56.9 Å². The number of nitrogens with zero attached hydrogens (tertiary/aromatic N) is 1.